The lowest BCUT2D eigenvalue weighted by Crippen LogP contribution is -2.39. The minimum Gasteiger partial charge on any atom is -0.463 e. The summed E-state index contributed by atoms with van der Waals surface area (Å²) in [6.45, 7) is 3.42. The first-order chi connectivity index (χ1) is 16.4. The summed E-state index contributed by atoms with van der Waals surface area (Å²) in [5, 5.41) is 11.0. The normalized spacial score (nSPS) is 18.2. The predicted molar refractivity (Wildman–Crippen MR) is 122 cm³/mol. The van der Waals surface area contributed by atoms with Gasteiger partial charge in [0.05, 0.1) is 35.3 Å². The molecule has 2 aliphatic rings. The van der Waals surface area contributed by atoms with Crippen molar-refractivity contribution >= 4 is 29.5 Å². The molecule has 34 heavy (non-hydrogen) atoms. The topological polar surface area (TPSA) is 116 Å². The maximum absolute atomic E-state index is 13.7. The first-order valence-electron chi connectivity index (χ1n) is 10.8. The second-order valence-corrected chi connectivity index (χ2v) is 7.63. The Labute approximate surface area is 195 Å². The number of esters is 2. The number of nitro benzene ring substituents is 1. The Morgan fingerprint density at radius 2 is 1.56 bits per heavy atom. The second kappa shape index (κ2) is 9.30. The van der Waals surface area contributed by atoms with E-state index in [4.69, 9.17) is 9.47 Å². The standard InChI is InChI=1S/C25H22N2O7/c1-3-33-24(29)19-20(25(30)34-4-2)22(23(28)16-9-11-17(12-10-16)27(31)32)26-14-13-15-7-5-6-8-18(15)21(19)26/h5-14,21-22H,3-4H2,1-2H3. The molecule has 0 aliphatic carbocycles. The van der Waals surface area contributed by atoms with Gasteiger partial charge in [0.1, 0.15) is 6.04 Å². The molecule has 2 heterocycles. The molecule has 0 saturated carbocycles. The molecule has 0 amide bonds. The summed E-state index contributed by atoms with van der Waals surface area (Å²) in [7, 11) is 0. The molecule has 0 N–H and O–H groups in total. The van der Waals surface area contributed by atoms with E-state index in [-0.39, 0.29) is 35.6 Å². The number of rotatable bonds is 7. The third-order valence-electron chi connectivity index (χ3n) is 5.75. The van der Waals surface area contributed by atoms with Crippen LogP contribution in [0.2, 0.25) is 0 Å². The summed E-state index contributed by atoms with van der Waals surface area (Å²) < 4.78 is 10.5. The van der Waals surface area contributed by atoms with E-state index in [2.05, 4.69) is 0 Å². The first-order valence-corrected chi connectivity index (χ1v) is 10.8. The van der Waals surface area contributed by atoms with E-state index in [0.717, 1.165) is 11.1 Å². The Bertz CT molecular complexity index is 1230. The summed E-state index contributed by atoms with van der Waals surface area (Å²) in [4.78, 5) is 52.1. The number of hydrogen-bond acceptors (Lipinski definition) is 8. The molecule has 2 aromatic rings. The van der Waals surface area contributed by atoms with Crippen LogP contribution < -0.4 is 0 Å². The van der Waals surface area contributed by atoms with Crippen molar-refractivity contribution in [3.63, 3.8) is 0 Å². The van der Waals surface area contributed by atoms with Gasteiger partial charge in [0, 0.05) is 23.9 Å². The molecule has 9 nitrogen and oxygen atoms in total. The minimum atomic E-state index is -1.17. The van der Waals surface area contributed by atoms with E-state index in [0.29, 0.717) is 0 Å². The molecule has 0 saturated heterocycles. The van der Waals surface area contributed by atoms with Crippen molar-refractivity contribution in [2.24, 2.45) is 0 Å². The van der Waals surface area contributed by atoms with Crippen molar-refractivity contribution in [1.82, 2.24) is 4.90 Å². The van der Waals surface area contributed by atoms with Gasteiger partial charge in [0.25, 0.3) is 5.69 Å². The lowest BCUT2D eigenvalue weighted by atomic mass is 9.91. The van der Waals surface area contributed by atoms with E-state index in [1.165, 1.54) is 24.3 Å². The molecule has 2 aromatic carbocycles. The third kappa shape index (κ3) is 3.85. The summed E-state index contributed by atoms with van der Waals surface area (Å²) in [5.74, 6) is -1.98. The van der Waals surface area contributed by atoms with Gasteiger partial charge in [0.2, 0.25) is 0 Å². The maximum Gasteiger partial charge on any atom is 0.337 e. The molecule has 0 bridgehead atoms. The third-order valence-corrected chi connectivity index (χ3v) is 5.75. The van der Waals surface area contributed by atoms with E-state index >= 15 is 0 Å². The number of carbonyl (C=O) groups is 3. The lowest BCUT2D eigenvalue weighted by molar-refractivity contribution is -0.384. The average molecular weight is 462 g/mol. The number of hydrogen-bond donors (Lipinski definition) is 0. The number of nitrogens with zero attached hydrogens (tertiary/aromatic N) is 2. The Kier molecular flexibility index (Phi) is 6.27. The second-order valence-electron chi connectivity index (χ2n) is 7.63. The largest absolute Gasteiger partial charge is 0.463 e. The first kappa shape index (κ1) is 22.9. The van der Waals surface area contributed by atoms with Crippen LogP contribution >= 0.6 is 0 Å². The van der Waals surface area contributed by atoms with E-state index < -0.39 is 34.7 Å². The summed E-state index contributed by atoms with van der Waals surface area (Å²) in [6.07, 6.45) is 3.48. The molecule has 4 rings (SSSR count). The summed E-state index contributed by atoms with van der Waals surface area (Å²) >= 11 is 0. The van der Waals surface area contributed by atoms with Gasteiger partial charge in [-0.05, 0) is 43.2 Å². The average Bonchev–Trinajstić information content (AvgIpc) is 3.20. The van der Waals surface area contributed by atoms with Crippen molar-refractivity contribution in [2.75, 3.05) is 13.2 Å². The van der Waals surface area contributed by atoms with Crippen LogP contribution in [0, 0.1) is 10.1 Å². The highest BCUT2D eigenvalue weighted by Gasteiger charge is 2.51. The fourth-order valence-corrected chi connectivity index (χ4v) is 4.34. The van der Waals surface area contributed by atoms with Gasteiger partial charge in [-0.3, -0.25) is 14.9 Å². The van der Waals surface area contributed by atoms with Crippen molar-refractivity contribution in [3.8, 4) is 0 Å². The van der Waals surface area contributed by atoms with E-state index in [9.17, 15) is 24.5 Å². The number of benzene rings is 2. The fourth-order valence-electron chi connectivity index (χ4n) is 4.34. The molecular formula is C25H22N2O7. The SMILES string of the molecule is CCOC(=O)C1=C(C(=O)OCC)C2c3ccccc3C=CN2C1C(=O)c1ccc([N+](=O)[O-])cc1. The van der Waals surface area contributed by atoms with Crippen molar-refractivity contribution < 1.29 is 28.8 Å². The van der Waals surface area contributed by atoms with Gasteiger partial charge in [-0.1, -0.05) is 24.3 Å². The fraction of sp³-hybridized carbons (Fsp3) is 0.240. The molecule has 0 aromatic heterocycles. The highest BCUT2D eigenvalue weighted by Crippen LogP contribution is 2.46. The molecule has 0 radical (unpaired) electrons. The smallest absolute Gasteiger partial charge is 0.337 e. The molecule has 2 unspecified atom stereocenters. The Morgan fingerprint density at radius 1 is 0.941 bits per heavy atom. The van der Waals surface area contributed by atoms with Gasteiger partial charge < -0.3 is 14.4 Å². The van der Waals surface area contributed by atoms with Gasteiger partial charge in [-0.2, -0.15) is 0 Å². The molecule has 2 aliphatic heterocycles. The van der Waals surface area contributed by atoms with Crippen LogP contribution in [0.15, 0.2) is 65.9 Å². The monoisotopic (exact) mass is 462 g/mol. The number of non-ortho nitro benzene ring substituents is 1. The lowest BCUT2D eigenvalue weighted by Gasteiger charge is -2.34. The quantitative estimate of drug-likeness (QED) is 0.265. The molecular weight excluding hydrogens is 440 g/mol. The molecule has 2 atom stereocenters. The number of nitro groups is 1. The Balaban J connectivity index is 1.90. The van der Waals surface area contributed by atoms with Crippen molar-refractivity contribution in [2.45, 2.75) is 25.9 Å². The maximum atomic E-state index is 13.7. The molecule has 0 fully saturated rings. The van der Waals surface area contributed by atoms with Gasteiger partial charge in [0.15, 0.2) is 5.78 Å². The summed E-state index contributed by atoms with van der Waals surface area (Å²) in [5.41, 5.74) is 1.55. The number of carbonyl (C=O) groups excluding carboxylic acids is 3. The van der Waals surface area contributed by atoms with Gasteiger partial charge >= 0.3 is 11.9 Å². The van der Waals surface area contributed by atoms with Crippen LogP contribution in [0.5, 0.6) is 0 Å². The van der Waals surface area contributed by atoms with E-state index in [1.807, 2.05) is 24.3 Å². The van der Waals surface area contributed by atoms with Gasteiger partial charge in [-0.25, -0.2) is 9.59 Å². The minimum absolute atomic E-state index is 0.0496. The zero-order valence-corrected chi connectivity index (χ0v) is 18.6. The highest BCUT2D eigenvalue weighted by atomic mass is 16.6. The van der Waals surface area contributed by atoms with Crippen LogP contribution in [-0.2, 0) is 19.1 Å². The number of ether oxygens (including phenoxy) is 2. The Morgan fingerprint density at radius 3 is 2.18 bits per heavy atom. The van der Waals surface area contributed by atoms with E-state index in [1.54, 1.807) is 31.0 Å². The van der Waals surface area contributed by atoms with Crippen molar-refractivity contribution in [3.05, 3.63) is 92.7 Å². The molecule has 174 valence electrons. The van der Waals surface area contributed by atoms with Crippen LogP contribution in [0.25, 0.3) is 6.08 Å². The zero-order valence-electron chi connectivity index (χ0n) is 18.6. The van der Waals surface area contributed by atoms with Gasteiger partial charge in [-0.15, -0.1) is 0 Å². The molecule has 9 heteroatoms. The summed E-state index contributed by atoms with van der Waals surface area (Å²) in [6, 6.07) is 10.6. The highest BCUT2D eigenvalue weighted by molar-refractivity contribution is 6.13. The predicted octanol–water partition coefficient (Wildman–Crippen LogP) is 3.61. The van der Waals surface area contributed by atoms with Crippen molar-refractivity contribution in [1.29, 1.82) is 0 Å². The number of Topliss-reactive ketones (excluding diaryl/α,β-unsaturated/α-hetero) is 1. The van der Waals surface area contributed by atoms with Crippen LogP contribution in [-0.4, -0.2) is 46.8 Å². The number of ketones is 1. The number of fused-ring (bicyclic) bond motifs is 3. The van der Waals surface area contributed by atoms with Crippen LogP contribution in [0.4, 0.5) is 5.69 Å². The molecule has 0 spiro atoms. The zero-order chi connectivity index (χ0) is 24.4. The Hall–Kier alpha value is -4.27. The van der Waals surface area contributed by atoms with Crippen LogP contribution in [0.1, 0.15) is 41.4 Å². The van der Waals surface area contributed by atoms with Crippen LogP contribution in [0.3, 0.4) is 0 Å².